The van der Waals surface area contributed by atoms with Gasteiger partial charge >= 0.3 is 0 Å². The van der Waals surface area contributed by atoms with Gasteiger partial charge in [0, 0.05) is 18.1 Å². The highest BCUT2D eigenvalue weighted by molar-refractivity contribution is 6.30. The van der Waals surface area contributed by atoms with Crippen LogP contribution >= 0.6 is 11.6 Å². The van der Waals surface area contributed by atoms with Crippen LogP contribution in [0.15, 0.2) is 30.5 Å². The third-order valence-corrected chi connectivity index (χ3v) is 5.61. The Labute approximate surface area is 166 Å². The summed E-state index contributed by atoms with van der Waals surface area (Å²) in [5.41, 5.74) is 2.60. The number of benzene rings is 1. The Morgan fingerprint density at radius 1 is 1.26 bits per heavy atom. The van der Waals surface area contributed by atoms with Crippen molar-refractivity contribution >= 4 is 17.5 Å². The largest absolute Gasteiger partial charge is 0.339 e. The summed E-state index contributed by atoms with van der Waals surface area (Å²) in [6.07, 6.45) is 5.06. The first-order valence-corrected chi connectivity index (χ1v) is 10.2. The molecule has 1 aromatic heterocycles. The number of hydrogen-bond donors (Lipinski definition) is 1. The van der Waals surface area contributed by atoms with Crippen molar-refractivity contribution in [2.75, 3.05) is 26.7 Å². The second kappa shape index (κ2) is 8.89. The first-order chi connectivity index (χ1) is 13.0. The molecule has 1 N–H and O–H groups in total. The van der Waals surface area contributed by atoms with E-state index in [0.717, 1.165) is 43.9 Å². The van der Waals surface area contributed by atoms with E-state index in [9.17, 15) is 4.79 Å². The van der Waals surface area contributed by atoms with Gasteiger partial charge < -0.3 is 10.2 Å². The zero-order chi connectivity index (χ0) is 19.4. The smallest absolute Gasteiger partial charge is 0.257 e. The Balaban J connectivity index is 1.78. The van der Waals surface area contributed by atoms with Crippen molar-refractivity contribution in [3.8, 4) is 5.69 Å². The number of carbonyl (C=O) groups is 1. The fourth-order valence-electron chi connectivity index (χ4n) is 3.81. The summed E-state index contributed by atoms with van der Waals surface area (Å²) < 4.78 is 1.87. The third-order valence-electron chi connectivity index (χ3n) is 5.36. The van der Waals surface area contributed by atoms with Crippen molar-refractivity contribution in [1.29, 1.82) is 0 Å². The van der Waals surface area contributed by atoms with Gasteiger partial charge in [-0.15, -0.1) is 0 Å². The van der Waals surface area contributed by atoms with Crippen LogP contribution in [0.3, 0.4) is 0 Å². The normalized spacial score (nSPS) is 15.5. The number of amides is 1. The highest BCUT2D eigenvalue weighted by atomic mass is 35.5. The van der Waals surface area contributed by atoms with Gasteiger partial charge in [0.05, 0.1) is 23.1 Å². The van der Waals surface area contributed by atoms with Crippen LogP contribution in [0.2, 0.25) is 5.02 Å². The predicted octanol–water partition coefficient (Wildman–Crippen LogP) is 4.11. The summed E-state index contributed by atoms with van der Waals surface area (Å²) >= 11 is 6.01. The first-order valence-electron chi connectivity index (χ1n) is 9.79. The number of likely N-dealkylation sites (tertiary alicyclic amines) is 1. The molecule has 0 bridgehead atoms. The maximum absolute atomic E-state index is 13.2. The van der Waals surface area contributed by atoms with Crippen LogP contribution in [0.5, 0.6) is 0 Å². The molecule has 6 heteroatoms. The monoisotopic (exact) mass is 388 g/mol. The molecule has 2 aromatic rings. The van der Waals surface area contributed by atoms with Crippen molar-refractivity contribution in [3.63, 3.8) is 0 Å². The Hall–Kier alpha value is -1.85. The number of hydrogen-bond acceptors (Lipinski definition) is 3. The Kier molecular flexibility index (Phi) is 6.55. The summed E-state index contributed by atoms with van der Waals surface area (Å²) in [6, 6.07) is 7.56. The van der Waals surface area contributed by atoms with Gasteiger partial charge in [-0.25, -0.2) is 4.68 Å². The van der Waals surface area contributed by atoms with Gasteiger partial charge in [0.2, 0.25) is 0 Å². The summed E-state index contributed by atoms with van der Waals surface area (Å²) in [6.45, 7) is 6.91. The van der Waals surface area contributed by atoms with Crippen molar-refractivity contribution < 1.29 is 4.79 Å². The second-order valence-corrected chi connectivity index (χ2v) is 8.05. The van der Waals surface area contributed by atoms with E-state index in [-0.39, 0.29) is 11.8 Å². The Morgan fingerprint density at radius 2 is 1.93 bits per heavy atom. The molecule has 2 heterocycles. The van der Waals surface area contributed by atoms with Crippen molar-refractivity contribution in [3.05, 3.63) is 46.7 Å². The molecule has 27 heavy (non-hydrogen) atoms. The molecule has 0 unspecified atom stereocenters. The molecule has 1 aliphatic heterocycles. The molecule has 0 spiro atoms. The molecule has 3 rings (SSSR count). The van der Waals surface area contributed by atoms with E-state index < -0.39 is 0 Å². The van der Waals surface area contributed by atoms with Crippen molar-refractivity contribution in [1.82, 2.24) is 20.0 Å². The molecule has 1 fully saturated rings. The summed E-state index contributed by atoms with van der Waals surface area (Å²) in [5.74, 6) is 1.00. The van der Waals surface area contributed by atoms with Crippen molar-refractivity contribution in [2.45, 2.75) is 39.0 Å². The molecule has 1 saturated heterocycles. The minimum atomic E-state index is 0.103. The number of nitrogens with one attached hydrogen (secondary N) is 1. The number of carbonyl (C=O) groups excluding carboxylic acids is 1. The van der Waals surface area contributed by atoms with Gasteiger partial charge in [0.15, 0.2) is 0 Å². The van der Waals surface area contributed by atoms with Crippen LogP contribution in [0.1, 0.15) is 55.1 Å². The fraction of sp³-hybridized carbons (Fsp3) is 0.524. The average Bonchev–Trinajstić information content (AvgIpc) is 3.12. The quantitative estimate of drug-likeness (QED) is 0.810. The van der Waals surface area contributed by atoms with E-state index in [1.165, 1.54) is 6.42 Å². The van der Waals surface area contributed by atoms with Crippen molar-refractivity contribution in [2.24, 2.45) is 5.92 Å². The van der Waals surface area contributed by atoms with E-state index in [4.69, 9.17) is 11.6 Å². The number of halogens is 1. The van der Waals surface area contributed by atoms with Crippen LogP contribution < -0.4 is 5.32 Å². The van der Waals surface area contributed by atoms with Crippen LogP contribution in [-0.4, -0.2) is 47.3 Å². The van der Waals surface area contributed by atoms with Crippen LogP contribution in [0.25, 0.3) is 5.69 Å². The molecule has 0 atom stereocenters. The highest BCUT2D eigenvalue weighted by Crippen LogP contribution is 2.27. The zero-order valence-corrected chi connectivity index (χ0v) is 17.2. The lowest BCUT2D eigenvalue weighted by molar-refractivity contribution is 0.0685. The van der Waals surface area contributed by atoms with Gasteiger partial charge in [-0.2, -0.15) is 5.10 Å². The SMILES string of the molecule is CNCCC1CCN(C(=O)c2cnn(-c3ccc(Cl)cc3)c2C(C)C)CC1. The highest BCUT2D eigenvalue weighted by Gasteiger charge is 2.28. The maximum Gasteiger partial charge on any atom is 0.257 e. The second-order valence-electron chi connectivity index (χ2n) is 7.61. The lowest BCUT2D eigenvalue weighted by atomic mass is 9.93. The van der Waals surface area contributed by atoms with E-state index in [0.29, 0.717) is 16.5 Å². The number of piperidine rings is 1. The molecule has 5 nitrogen and oxygen atoms in total. The van der Waals surface area contributed by atoms with Gasteiger partial charge in [0.25, 0.3) is 5.91 Å². The van der Waals surface area contributed by atoms with Gasteiger partial charge in [-0.3, -0.25) is 4.79 Å². The summed E-state index contributed by atoms with van der Waals surface area (Å²) in [7, 11) is 1.99. The fourth-order valence-corrected chi connectivity index (χ4v) is 3.94. The number of aromatic nitrogens is 2. The molecule has 1 amide bonds. The zero-order valence-electron chi connectivity index (χ0n) is 16.4. The molecule has 0 aliphatic carbocycles. The average molecular weight is 389 g/mol. The van der Waals surface area contributed by atoms with E-state index in [1.54, 1.807) is 6.20 Å². The maximum atomic E-state index is 13.2. The topological polar surface area (TPSA) is 50.2 Å². The standard InChI is InChI=1S/C21H29ClN4O/c1-15(2)20-19(14-24-26(20)18-6-4-17(22)5-7-18)21(27)25-12-9-16(10-13-25)8-11-23-3/h4-7,14-16,23H,8-13H2,1-3H3. The number of rotatable bonds is 6. The molecule has 146 valence electrons. The molecular weight excluding hydrogens is 360 g/mol. The van der Waals surface area contributed by atoms with Gasteiger partial charge in [-0.1, -0.05) is 25.4 Å². The minimum Gasteiger partial charge on any atom is -0.339 e. The van der Waals surface area contributed by atoms with Gasteiger partial charge in [0.1, 0.15) is 0 Å². The molecule has 1 aromatic carbocycles. The Bertz CT molecular complexity index is 761. The minimum absolute atomic E-state index is 0.103. The van der Waals surface area contributed by atoms with E-state index in [2.05, 4.69) is 24.3 Å². The van der Waals surface area contributed by atoms with E-state index >= 15 is 0 Å². The summed E-state index contributed by atoms with van der Waals surface area (Å²) in [4.78, 5) is 15.2. The molecule has 0 radical (unpaired) electrons. The summed E-state index contributed by atoms with van der Waals surface area (Å²) in [5, 5.41) is 8.43. The van der Waals surface area contributed by atoms with Crippen LogP contribution in [0, 0.1) is 5.92 Å². The third kappa shape index (κ3) is 4.53. The molecule has 0 saturated carbocycles. The van der Waals surface area contributed by atoms with Crippen LogP contribution in [0.4, 0.5) is 0 Å². The first kappa shape index (κ1) is 19.9. The predicted molar refractivity (Wildman–Crippen MR) is 110 cm³/mol. The van der Waals surface area contributed by atoms with Gasteiger partial charge in [-0.05, 0) is 69.0 Å². The van der Waals surface area contributed by atoms with Crippen LogP contribution in [-0.2, 0) is 0 Å². The van der Waals surface area contributed by atoms with E-state index in [1.807, 2.05) is 40.9 Å². The Morgan fingerprint density at radius 3 is 2.52 bits per heavy atom. The molecule has 1 aliphatic rings. The molecular formula is C21H29ClN4O. The lowest BCUT2D eigenvalue weighted by Crippen LogP contribution is -2.39. The number of nitrogens with zero attached hydrogens (tertiary/aromatic N) is 3. The lowest BCUT2D eigenvalue weighted by Gasteiger charge is -2.32.